The summed E-state index contributed by atoms with van der Waals surface area (Å²) in [6.45, 7) is 0.409. The van der Waals surface area contributed by atoms with Gasteiger partial charge in [-0.2, -0.15) is 0 Å². The fourth-order valence-electron chi connectivity index (χ4n) is 2.93. The van der Waals surface area contributed by atoms with Crippen molar-refractivity contribution in [1.29, 1.82) is 0 Å². The Kier molecular flexibility index (Phi) is 3.69. The third-order valence-corrected chi connectivity index (χ3v) is 4.35. The minimum atomic E-state index is -0.387. The van der Waals surface area contributed by atoms with Crippen molar-refractivity contribution < 1.29 is 4.74 Å². The second-order valence-corrected chi connectivity index (χ2v) is 5.98. The fraction of sp³-hybridized carbons (Fsp3) is 0.105. The number of rotatable bonds is 3. The van der Waals surface area contributed by atoms with Crippen LogP contribution in [-0.4, -0.2) is 21.3 Å². The van der Waals surface area contributed by atoms with Crippen LogP contribution in [0.25, 0.3) is 21.8 Å². The van der Waals surface area contributed by atoms with Gasteiger partial charge in [0, 0.05) is 12.4 Å². The minimum Gasteiger partial charge on any atom is -0.497 e. The number of ether oxygens (including phenoxy) is 1. The van der Waals surface area contributed by atoms with Gasteiger partial charge in [-0.15, -0.1) is 0 Å². The minimum absolute atomic E-state index is 0.209. The predicted octanol–water partition coefficient (Wildman–Crippen LogP) is 1.48. The Morgan fingerprint density at radius 2 is 1.62 bits per heavy atom. The number of hydrogen-bond acceptors (Lipinski definition) is 5. The molecule has 0 bridgehead atoms. The summed E-state index contributed by atoms with van der Waals surface area (Å²) >= 11 is 0. The highest BCUT2D eigenvalue weighted by Gasteiger charge is 2.09. The number of nitrogen functional groups attached to an aromatic ring is 1. The van der Waals surface area contributed by atoms with Crippen molar-refractivity contribution in [2.45, 2.75) is 6.54 Å². The van der Waals surface area contributed by atoms with Gasteiger partial charge in [0.2, 0.25) is 0 Å². The zero-order chi connectivity index (χ0) is 18.3. The average Bonchev–Trinajstić information content (AvgIpc) is 2.67. The van der Waals surface area contributed by atoms with Crippen LogP contribution in [0.5, 0.6) is 5.75 Å². The molecule has 1 aromatic carbocycles. The van der Waals surface area contributed by atoms with E-state index in [0.29, 0.717) is 28.4 Å². The van der Waals surface area contributed by atoms with Gasteiger partial charge in [0.1, 0.15) is 5.75 Å². The van der Waals surface area contributed by atoms with Crippen LogP contribution >= 0.6 is 0 Å². The van der Waals surface area contributed by atoms with E-state index in [9.17, 15) is 9.59 Å². The molecule has 0 aliphatic carbocycles. The van der Waals surface area contributed by atoms with Gasteiger partial charge in [-0.3, -0.25) is 9.59 Å². The third-order valence-electron chi connectivity index (χ3n) is 4.35. The molecule has 0 radical (unpaired) electrons. The van der Waals surface area contributed by atoms with Crippen LogP contribution in [0.1, 0.15) is 5.56 Å². The molecule has 0 fully saturated rings. The van der Waals surface area contributed by atoms with E-state index in [-0.39, 0.29) is 11.1 Å². The van der Waals surface area contributed by atoms with Gasteiger partial charge in [-0.25, -0.2) is 9.66 Å². The maximum Gasteiger partial charge on any atom is 0.278 e. The molecule has 0 saturated carbocycles. The first-order valence-corrected chi connectivity index (χ1v) is 8.00. The van der Waals surface area contributed by atoms with E-state index in [1.165, 1.54) is 6.20 Å². The summed E-state index contributed by atoms with van der Waals surface area (Å²) in [5.74, 6) is 6.36. The molecule has 3 aromatic heterocycles. The van der Waals surface area contributed by atoms with E-state index in [0.717, 1.165) is 16.0 Å². The average molecular weight is 348 g/mol. The van der Waals surface area contributed by atoms with Gasteiger partial charge >= 0.3 is 0 Å². The van der Waals surface area contributed by atoms with Crippen molar-refractivity contribution in [3.05, 3.63) is 81.1 Å². The van der Waals surface area contributed by atoms with Gasteiger partial charge in [0.25, 0.3) is 11.1 Å². The van der Waals surface area contributed by atoms with E-state index >= 15 is 0 Å². The maximum atomic E-state index is 12.9. The van der Waals surface area contributed by atoms with Gasteiger partial charge in [0.15, 0.2) is 0 Å². The normalized spacial score (nSPS) is 11.1. The van der Waals surface area contributed by atoms with Crippen LogP contribution in [-0.2, 0) is 6.54 Å². The quantitative estimate of drug-likeness (QED) is 0.447. The second-order valence-electron chi connectivity index (χ2n) is 5.98. The first-order valence-electron chi connectivity index (χ1n) is 8.00. The fourth-order valence-corrected chi connectivity index (χ4v) is 2.93. The van der Waals surface area contributed by atoms with Gasteiger partial charge < -0.3 is 15.1 Å². The summed E-state index contributed by atoms with van der Waals surface area (Å²) in [4.78, 5) is 29.5. The van der Waals surface area contributed by atoms with Gasteiger partial charge in [0.05, 0.1) is 35.5 Å². The van der Waals surface area contributed by atoms with E-state index in [4.69, 9.17) is 10.6 Å². The lowest BCUT2D eigenvalue weighted by Gasteiger charge is -2.09. The Bertz CT molecular complexity index is 1240. The zero-order valence-corrected chi connectivity index (χ0v) is 14.0. The molecule has 2 N–H and O–H groups in total. The van der Waals surface area contributed by atoms with Crippen molar-refractivity contribution in [3.8, 4) is 5.75 Å². The highest BCUT2D eigenvalue weighted by atomic mass is 16.5. The Hall–Kier alpha value is -3.61. The van der Waals surface area contributed by atoms with Crippen molar-refractivity contribution in [3.63, 3.8) is 0 Å². The number of hydrogen-bond donors (Lipinski definition) is 1. The van der Waals surface area contributed by atoms with E-state index in [1.807, 2.05) is 24.3 Å². The highest BCUT2D eigenvalue weighted by Crippen LogP contribution is 2.15. The first-order chi connectivity index (χ1) is 12.6. The Labute approximate surface area is 147 Å². The van der Waals surface area contributed by atoms with E-state index in [2.05, 4.69) is 4.98 Å². The standard InChI is InChI=1S/C19H16N4O3/c1-26-13-4-2-12(3-5-13)11-22-8-6-16-14(18(22)24)10-15-17(21-16)7-9-23(20)19(15)25/h2-10H,11,20H2,1H3. The molecule has 0 unspecified atom stereocenters. The van der Waals surface area contributed by atoms with Crippen LogP contribution in [0.15, 0.2) is 64.4 Å². The largest absolute Gasteiger partial charge is 0.497 e. The van der Waals surface area contributed by atoms with Crippen LogP contribution in [0.3, 0.4) is 0 Å². The third kappa shape index (κ3) is 2.59. The number of nitrogens with two attached hydrogens (primary N) is 1. The monoisotopic (exact) mass is 348 g/mol. The number of pyridine rings is 3. The number of aromatic nitrogens is 3. The molecular formula is C19H16N4O3. The number of fused-ring (bicyclic) bond motifs is 2. The Balaban J connectivity index is 1.85. The summed E-state index contributed by atoms with van der Waals surface area (Å²) < 4.78 is 7.71. The molecule has 7 nitrogen and oxygen atoms in total. The molecule has 0 saturated heterocycles. The number of methoxy groups -OCH3 is 1. The molecule has 26 heavy (non-hydrogen) atoms. The van der Waals surface area contributed by atoms with E-state index < -0.39 is 0 Å². The number of nitrogens with zero attached hydrogens (tertiary/aromatic N) is 3. The van der Waals surface area contributed by atoms with Gasteiger partial charge in [-0.1, -0.05) is 12.1 Å². The van der Waals surface area contributed by atoms with Crippen LogP contribution in [0.4, 0.5) is 0 Å². The molecule has 0 amide bonds. The van der Waals surface area contributed by atoms with Crippen molar-refractivity contribution in [2.24, 2.45) is 0 Å². The predicted molar refractivity (Wildman–Crippen MR) is 100 cm³/mol. The second kappa shape index (κ2) is 6.03. The summed E-state index contributed by atoms with van der Waals surface area (Å²) in [6, 6.07) is 12.5. The van der Waals surface area contributed by atoms with Crippen molar-refractivity contribution in [1.82, 2.24) is 14.2 Å². The summed E-state index contributed by atoms with van der Waals surface area (Å²) in [5, 5.41) is 0.707. The lowest BCUT2D eigenvalue weighted by Crippen LogP contribution is -2.27. The Morgan fingerprint density at radius 3 is 2.31 bits per heavy atom. The molecule has 4 aromatic rings. The van der Waals surface area contributed by atoms with Crippen LogP contribution in [0.2, 0.25) is 0 Å². The highest BCUT2D eigenvalue weighted by molar-refractivity contribution is 5.91. The first kappa shape index (κ1) is 15.9. The lowest BCUT2D eigenvalue weighted by molar-refractivity contribution is 0.414. The SMILES string of the molecule is COc1ccc(Cn2ccc3nc4ccn(N)c(=O)c4cc3c2=O)cc1. The molecule has 3 heterocycles. The van der Waals surface area contributed by atoms with E-state index in [1.54, 1.807) is 36.1 Å². The molecule has 0 spiro atoms. The maximum absolute atomic E-state index is 12.9. The van der Waals surface area contributed by atoms with Crippen LogP contribution < -0.4 is 21.7 Å². The molecule has 7 heteroatoms. The van der Waals surface area contributed by atoms with Crippen LogP contribution in [0, 0.1) is 0 Å². The number of benzene rings is 1. The van der Waals surface area contributed by atoms with Crippen molar-refractivity contribution >= 4 is 21.8 Å². The molecule has 4 rings (SSSR count). The summed E-state index contributed by atoms with van der Waals surface area (Å²) in [5.41, 5.74) is 1.42. The lowest BCUT2D eigenvalue weighted by atomic mass is 10.1. The molecule has 0 aliphatic heterocycles. The smallest absolute Gasteiger partial charge is 0.278 e. The summed E-state index contributed by atoms with van der Waals surface area (Å²) in [6.07, 6.45) is 3.16. The molecule has 0 atom stereocenters. The molecule has 130 valence electrons. The van der Waals surface area contributed by atoms with Gasteiger partial charge in [-0.05, 0) is 35.9 Å². The zero-order valence-electron chi connectivity index (χ0n) is 14.0. The topological polar surface area (TPSA) is 92.1 Å². The van der Waals surface area contributed by atoms with Crippen molar-refractivity contribution in [2.75, 3.05) is 13.0 Å². The Morgan fingerprint density at radius 1 is 0.962 bits per heavy atom. The molecule has 0 aliphatic rings. The summed E-state index contributed by atoms with van der Waals surface area (Å²) in [7, 11) is 1.61. The molecular weight excluding hydrogens is 332 g/mol.